The van der Waals surface area contributed by atoms with E-state index in [4.69, 9.17) is 4.74 Å². The van der Waals surface area contributed by atoms with Crippen LogP contribution < -0.4 is 9.64 Å². The van der Waals surface area contributed by atoms with Crippen LogP contribution in [0.4, 0.5) is 5.69 Å². The molecule has 0 N–H and O–H groups in total. The summed E-state index contributed by atoms with van der Waals surface area (Å²) in [6.07, 6.45) is 1.39. The van der Waals surface area contributed by atoms with Crippen molar-refractivity contribution in [2.75, 3.05) is 57.8 Å². The highest BCUT2D eigenvalue weighted by Gasteiger charge is 2.60. The van der Waals surface area contributed by atoms with Crippen molar-refractivity contribution >= 4 is 17.6 Å². The molecule has 0 spiro atoms. The molecule has 4 nitrogen and oxygen atoms in total. The molecule has 1 saturated carbocycles. The predicted molar refractivity (Wildman–Crippen MR) is 121 cm³/mol. The summed E-state index contributed by atoms with van der Waals surface area (Å²) in [6.45, 7) is 10.4. The van der Waals surface area contributed by atoms with Crippen LogP contribution in [0.2, 0.25) is 0 Å². The molecule has 2 aliphatic heterocycles. The fraction of sp³-hybridized carbons (Fsp3) is 0.500. The zero-order chi connectivity index (χ0) is 19.8. The minimum absolute atomic E-state index is 0.474. The van der Waals surface area contributed by atoms with E-state index in [-0.39, 0.29) is 0 Å². The molecule has 2 unspecified atom stereocenters. The molecule has 5 rings (SSSR count). The van der Waals surface area contributed by atoms with E-state index in [1.807, 2.05) is 24.1 Å². The van der Waals surface area contributed by atoms with Crippen LogP contribution in [0.1, 0.15) is 18.9 Å². The van der Waals surface area contributed by atoms with E-state index in [0.717, 1.165) is 37.8 Å². The average molecular weight is 410 g/mol. The standard InChI is InChI=1S/C24H31N3OS/c1-3-25-17-20-16-24(20,18-25)19-4-6-21(7-5-19)26-12-14-27(15-13-26)29-23-10-8-22(28-2)9-11-23/h4-11,20H,3,12-18H2,1-2H3. The van der Waals surface area contributed by atoms with E-state index in [9.17, 15) is 0 Å². The van der Waals surface area contributed by atoms with Crippen LogP contribution in [0.25, 0.3) is 0 Å². The van der Waals surface area contributed by atoms with Gasteiger partial charge in [0.25, 0.3) is 0 Å². The zero-order valence-electron chi connectivity index (χ0n) is 17.5. The van der Waals surface area contributed by atoms with E-state index in [2.05, 4.69) is 57.4 Å². The first kappa shape index (κ1) is 19.3. The lowest BCUT2D eigenvalue weighted by molar-refractivity contribution is 0.314. The first-order valence-electron chi connectivity index (χ1n) is 10.8. The minimum atomic E-state index is 0.474. The van der Waals surface area contributed by atoms with Gasteiger partial charge < -0.3 is 14.5 Å². The molecule has 0 amide bonds. The number of hydrogen-bond donors (Lipinski definition) is 0. The third-order valence-corrected chi connectivity index (χ3v) is 8.11. The van der Waals surface area contributed by atoms with Gasteiger partial charge in [0.05, 0.1) is 7.11 Å². The van der Waals surface area contributed by atoms with Crippen LogP contribution in [0.15, 0.2) is 53.4 Å². The summed E-state index contributed by atoms with van der Waals surface area (Å²) in [5, 5.41) is 0. The topological polar surface area (TPSA) is 19.0 Å². The molecule has 2 saturated heterocycles. The molecule has 3 aliphatic rings. The second-order valence-corrected chi connectivity index (χ2v) is 9.79. The molecule has 2 aromatic rings. The number of piperidine rings is 1. The van der Waals surface area contributed by atoms with Gasteiger partial charge in [0.1, 0.15) is 5.75 Å². The van der Waals surface area contributed by atoms with Gasteiger partial charge in [-0.25, -0.2) is 4.31 Å². The molecule has 0 aromatic heterocycles. The van der Waals surface area contributed by atoms with Crippen LogP contribution in [0.5, 0.6) is 5.75 Å². The smallest absolute Gasteiger partial charge is 0.118 e. The van der Waals surface area contributed by atoms with Crippen molar-refractivity contribution in [3.8, 4) is 5.75 Å². The highest BCUT2D eigenvalue weighted by molar-refractivity contribution is 7.97. The Hall–Kier alpha value is -1.69. The largest absolute Gasteiger partial charge is 0.497 e. The fourth-order valence-electron chi connectivity index (χ4n) is 5.10. The number of nitrogens with zero attached hydrogens (tertiary/aromatic N) is 3. The number of likely N-dealkylation sites (tertiary alicyclic amines) is 1. The lowest BCUT2D eigenvalue weighted by atomic mass is 9.94. The molecule has 5 heteroatoms. The monoisotopic (exact) mass is 409 g/mol. The van der Waals surface area contributed by atoms with Crippen LogP contribution >= 0.6 is 11.9 Å². The van der Waals surface area contributed by atoms with Crippen molar-refractivity contribution in [1.29, 1.82) is 0 Å². The summed E-state index contributed by atoms with van der Waals surface area (Å²) < 4.78 is 7.72. The van der Waals surface area contributed by atoms with E-state index < -0.39 is 0 Å². The second kappa shape index (κ2) is 7.86. The first-order valence-corrected chi connectivity index (χ1v) is 11.6. The molecular formula is C24H31N3OS. The van der Waals surface area contributed by atoms with E-state index >= 15 is 0 Å². The summed E-state index contributed by atoms with van der Waals surface area (Å²) >= 11 is 1.85. The Bertz CT molecular complexity index is 832. The van der Waals surface area contributed by atoms with Crippen molar-refractivity contribution in [1.82, 2.24) is 9.21 Å². The Morgan fingerprint density at radius 2 is 1.72 bits per heavy atom. The van der Waals surface area contributed by atoms with Crippen LogP contribution in [0.3, 0.4) is 0 Å². The maximum Gasteiger partial charge on any atom is 0.118 e. The lowest BCUT2D eigenvalue weighted by Crippen LogP contribution is -2.43. The maximum absolute atomic E-state index is 5.25. The van der Waals surface area contributed by atoms with Crippen molar-refractivity contribution < 1.29 is 4.74 Å². The molecule has 154 valence electrons. The van der Waals surface area contributed by atoms with Gasteiger partial charge in [-0.05, 0) is 72.8 Å². The van der Waals surface area contributed by atoms with Gasteiger partial charge in [-0.2, -0.15) is 0 Å². The molecule has 3 fully saturated rings. The Labute approximate surface area is 179 Å². The van der Waals surface area contributed by atoms with E-state index in [1.54, 1.807) is 12.7 Å². The number of benzene rings is 2. The highest BCUT2D eigenvalue weighted by atomic mass is 32.2. The number of anilines is 1. The van der Waals surface area contributed by atoms with Gasteiger partial charge in [-0.15, -0.1) is 0 Å². The van der Waals surface area contributed by atoms with Crippen LogP contribution in [-0.4, -0.2) is 62.1 Å². The normalized spacial score (nSPS) is 27.1. The Morgan fingerprint density at radius 3 is 2.34 bits per heavy atom. The molecule has 2 aromatic carbocycles. The van der Waals surface area contributed by atoms with Crippen molar-refractivity contribution in [2.24, 2.45) is 5.92 Å². The molecule has 0 bridgehead atoms. The summed E-state index contributed by atoms with van der Waals surface area (Å²) in [5.41, 5.74) is 3.42. The van der Waals surface area contributed by atoms with Crippen LogP contribution in [0, 0.1) is 5.92 Å². The quantitative estimate of drug-likeness (QED) is 0.667. The van der Waals surface area contributed by atoms with Gasteiger partial charge >= 0.3 is 0 Å². The number of hydrogen-bond acceptors (Lipinski definition) is 5. The molecule has 2 heterocycles. The third kappa shape index (κ3) is 3.76. The van der Waals surface area contributed by atoms with Gasteiger partial charge in [-0.1, -0.05) is 19.1 Å². The number of rotatable bonds is 6. The highest BCUT2D eigenvalue weighted by Crippen LogP contribution is 2.59. The SMILES string of the molecule is CCN1CC2CC2(c2ccc(N3CCN(Sc4ccc(OC)cc4)CC3)cc2)C1. The fourth-order valence-corrected chi connectivity index (χ4v) is 6.00. The lowest BCUT2D eigenvalue weighted by Gasteiger charge is -2.35. The Morgan fingerprint density at radius 1 is 1.00 bits per heavy atom. The summed E-state index contributed by atoms with van der Waals surface area (Å²) in [6, 6.07) is 17.9. The molecule has 1 aliphatic carbocycles. The van der Waals surface area contributed by atoms with Gasteiger partial charge in [0.15, 0.2) is 0 Å². The van der Waals surface area contributed by atoms with Gasteiger partial charge in [0, 0.05) is 55.3 Å². The summed E-state index contributed by atoms with van der Waals surface area (Å²) in [7, 11) is 1.71. The second-order valence-electron chi connectivity index (χ2n) is 8.61. The predicted octanol–water partition coefficient (Wildman–Crippen LogP) is 4.12. The first-order chi connectivity index (χ1) is 14.2. The van der Waals surface area contributed by atoms with Gasteiger partial charge in [-0.3, -0.25) is 0 Å². The van der Waals surface area contributed by atoms with Gasteiger partial charge in [0.2, 0.25) is 0 Å². The summed E-state index contributed by atoms with van der Waals surface area (Å²) in [5.74, 6) is 1.81. The number of likely N-dealkylation sites (N-methyl/N-ethyl adjacent to an activating group) is 1. The third-order valence-electron chi connectivity index (χ3n) is 7.00. The molecule has 2 atom stereocenters. The van der Waals surface area contributed by atoms with Crippen molar-refractivity contribution in [3.63, 3.8) is 0 Å². The Balaban J connectivity index is 1.16. The number of piperazine rings is 1. The maximum atomic E-state index is 5.25. The number of ether oxygens (including phenoxy) is 1. The van der Waals surface area contributed by atoms with E-state index in [1.165, 1.54) is 36.6 Å². The van der Waals surface area contributed by atoms with Crippen LogP contribution in [-0.2, 0) is 5.41 Å². The molecule has 29 heavy (non-hydrogen) atoms. The van der Waals surface area contributed by atoms with Crippen molar-refractivity contribution in [2.45, 2.75) is 23.7 Å². The minimum Gasteiger partial charge on any atom is -0.497 e. The zero-order valence-corrected chi connectivity index (χ0v) is 18.3. The van der Waals surface area contributed by atoms with Crippen molar-refractivity contribution in [3.05, 3.63) is 54.1 Å². The van der Waals surface area contributed by atoms with E-state index in [0.29, 0.717) is 5.41 Å². The Kier molecular flexibility index (Phi) is 5.23. The number of fused-ring (bicyclic) bond motifs is 1. The summed E-state index contributed by atoms with van der Waals surface area (Å²) in [4.78, 5) is 6.42. The molecular weight excluding hydrogens is 378 g/mol. The number of methoxy groups -OCH3 is 1. The molecule has 0 radical (unpaired) electrons. The average Bonchev–Trinajstić information content (AvgIpc) is 3.36.